The van der Waals surface area contributed by atoms with Gasteiger partial charge in [0.2, 0.25) is 0 Å². The molecule has 0 unspecified atom stereocenters. The van der Waals surface area contributed by atoms with Gasteiger partial charge in [0, 0.05) is 31.2 Å². The normalized spacial score (nSPS) is 15.8. The lowest BCUT2D eigenvalue weighted by atomic mass is 10.1. The van der Waals surface area contributed by atoms with E-state index < -0.39 is 0 Å². The summed E-state index contributed by atoms with van der Waals surface area (Å²) in [5, 5.41) is 3.39. The molecule has 90 valence electrons. The molecule has 1 aromatic carbocycles. The maximum absolute atomic E-state index is 13.6. The summed E-state index contributed by atoms with van der Waals surface area (Å²) in [7, 11) is 2.01. The van der Waals surface area contributed by atoms with Crippen molar-refractivity contribution in [1.29, 1.82) is 0 Å². The molecule has 5 heteroatoms. The zero-order valence-electron chi connectivity index (χ0n) is 9.04. The minimum Gasteiger partial charge on any atom is -0.314 e. The van der Waals surface area contributed by atoms with E-state index in [9.17, 15) is 4.39 Å². The molecule has 0 aromatic heterocycles. The van der Waals surface area contributed by atoms with Crippen molar-refractivity contribution in [1.82, 2.24) is 10.2 Å². The first kappa shape index (κ1) is 13.7. The highest BCUT2D eigenvalue weighted by Crippen LogP contribution is 2.19. The Bertz CT molecular complexity index is 356. The van der Waals surface area contributed by atoms with Gasteiger partial charge in [0.05, 0.1) is 5.02 Å². The van der Waals surface area contributed by atoms with E-state index in [2.05, 4.69) is 10.2 Å². The van der Waals surface area contributed by atoms with Gasteiger partial charge < -0.3 is 5.32 Å². The Morgan fingerprint density at radius 3 is 2.75 bits per heavy atom. The molecule has 0 saturated carbocycles. The van der Waals surface area contributed by atoms with Gasteiger partial charge in [0.1, 0.15) is 5.82 Å². The maximum atomic E-state index is 13.6. The van der Waals surface area contributed by atoms with Gasteiger partial charge in [0.25, 0.3) is 0 Å². The van der Waals surface area contributed by atoms with Crippen LogP contribution in [0.1, 0.15) is 5.56 Å². The van der Waals surface area contributed by atoms with Gasteiger partial charge in [-0.2, -0.15) is 0 Å². The van der Waals surface area contributed by atoms with Crippen molar-refractivity contribution in [2.75, 3.05) is 20.1 Å². The van der Waals surface area contributed by atoms with Crippen molar-refractivity contribution < 1.29 is 4.39 Å². The Morgan fingerprint density at radius 2 is 2.19 bits per heavy atom. The van der Waals surface area contributed by atoms with Crippen LogP contribution in [0.5, 0.6) is 0 Å². The lowest BCUT2D eigenvalue weighted by Gasteiger charge is -2.35. The molecule has 0 aliphatic carbocycles. The van der Waals surface area contributed by atoms with Crippen molar-refractivity contribution in [3.8, 4) is 0 Å². The van der Waals surface area contributed by atoms with Crippen molar-refractivity contribution in [3.63, 3.8) is 0 Å². The minimum absolute atomic E-state index is 0. The Labute approximate surface area is 106 Å². The molecule has 1 N–H and O–H groups in total. The van der Waals surface area contributed by atoms with Crippen LogP contribution in [0.2, 0.25) is 5.02 Å². The van der Waals surface area contributed by atoms with Crippen molar-refractivity contribution in [2.24, 2.45) is 0 Å². The van der Waals surface area contributed by atoms with Crippen LogP contribution in [0, 0.1) is 5.82 Å². The average molecular weight is 265 g/mol. The van der Waals surface area contributed by atoms with Crippen LogP contribution < -0.4 is 5.32 Å². The van der Waals surface area contributed by atoms with E-state index in [4.69, 9.17) is 11.6 Å². The molecule has 0 atom stereocenters. The summed E-state index contributed by atoms with van der Waals surface area (Å²) in [6.45, 7) is 2.58. The highest BCUT2D eigenvalue weighted by Gasteiger charge is 2.22. The van der Waals surface area contributed by atoms with Crippen molar-refractivity contribution in [2.45, 2.75) is 12.6 Å². The summed E-state index contributed by atoms with van der Waals surface area (Å²) in [6.07, 6.45) is 0. The van der Waals surface area contributed by atoms with Crippen LogP contribution in [0.25, 0.3) is 0 Å². The zero-order chi connectivity index (χ0) is 10.8. The van der Waals surface area contributed by atoms with Crippen LogP contribution >= 0.6 is 24.0 Å². The number of likely N-dealkylation sites (N-methyl/N-ethyl adjacent to an activating group) is 1. The molecular formula is C11H15Cl2FN2. The Hall–Kier alpha value is -0.350. The van der Waals surface area contributed by atoms with Gasteiger partial charge in [-0.05, 0) is 13.1 Å². The Balaban J connectivity index is 0.00000128. The number of benzene rings is 1. The maximum Gasteiger partial charge on any atom is 0.146 e. The molecule has 1 heterocycles. The molecule has 16 heavy (non-hydrogen) atoms. The summed E-state index contributed by atoms with van der Waals surface area (Å²) in [4.78, 5) is 2.14. The van der Waals surface area contributed by atoms with E-state index >= 15 is 0 Å². The predicted octanol–water partition coefficient (Wildman–Crippen LogP) is 2.30. The van der Waals surface area contributed by atoms with Crippen LogP contribution in [-0.4, -0.2) is 31.1 Å². The first-order valence-electron chi connectivity index (χ1n) is 5.02. The number of nitrogens with one attached hydrogen (secondary N) is 1. The van der Waals surface area contributed by atoms with E-state index in [0.717, 1.165) is 13.1 Å². The fourth-order valence-corrected chi connectivity index (χ4v) is 1.85. The minimum atomic E-state index is -0.293. The van der Waals surface area contributed by atoms with Gasteiger partial charge in [0.15, 0.2) is 0 Å². The lowest BCUT2D eigenvalue weighted by Crippen LogP contribution is -2.55. The lowest BCUT2D eigenvalue weighted by molar-refractivity contribution is 0.171. The highest BCUT2D eigenvalue weighted by atomic mass is 35.5. The summed E-state index contributed by atoms with van der Waals surface area (Å²) < 4.78 is 13.6. The molecule has 0 bridgehead atoms. The van der Waals surface area contributed by atoms with Crippen molar-refractivity contribution in [3.05, 3.63) is 34.6 Å². The van der Waals surface area contributed by atoms with Crippen LogP contribution in [0.4, 0.5) is 4.39 Å². The van der Waals surface area contributed by atoms with Crippen molar-refractivity contribution >= 4 is 24.0 Å². The molecule has 1 aromatic rings. The molecule has 1 fully saturated rings. The standard InChI is InChI=1S/C11H14ClFN2.ClH/c1-15(9-5-14-6-9)7-8-3-2-4-10(12)11(8)13;/h2-4,9,14H,5-7H2,1H3;1H. The van der Waals surface area contributed by atoms with E-state index in [1.807, 2.05) is 7.05 Å². The third-order valence-electron chi connectivity index (χ3n) is 2.83. The molecule has 2 nitrogen and oxygen atoms in total. The summed E-state index contributed by atoms with van der Waals surface area (Å²) in [6, 6.07) is 5.66. The third-order valence-corrected chi connectivity index (χ3v) is 3.13. The fraction of sp³-hybridized carbons (Fsp3) is 0.455. The summed E-state index contributed by atoms with van der Waals surface area (Å²) in [5.74, 6) is -0.293. The molecule has 1 saturated heterocycles. The third kappa shape index (κ3) is 2.86. The smallest absolute Gasteiger partial charge is 0.146 e. The molecule has 1 aliphatic heterocycles. The predicted molar refractivity (Wildman–Crippen MR) is 66.8 cm³/mol. The van der Waals surface area contributed by atoms with Crippen LogP contribution in [0.15, 0.2) is 18.2 Å². The van der Waals surface area contributed by atoms with Gasteiger partial charge in [-0.25, -0.2) is 4.39 Å². The molecule has 0 spiro atoms. The van der Waals surface area contributed by atoms with Gasteiger partial charge >= 0.3 is 0 Å². The second-order valence-corrected chi connectivity index (χ2v) is 4.35. The van der Waals surface area contributed by atoms with Gasteiger partial charge in [-0.3, -0.25) is 4.90 Å². The number of hydrogen-bond donors (Lipinski definition) is 1. The first-order chi connectivity index (χ1) is 7.18. The van der Waals surface area contributed by atoms with E-state index in [1.165, 1.54) is 0 Å². The SMILES string of the molecule is CN(Cc1cccc(Cl)c1F)C1CNC1.Cl. The number of hydrogen-bond acceptors (Lipinski definition) is 2. The van der Waals surface area contributed by atoms with Crippen LogP contribution in [0.3, 0.4) is 0 Å². The fourth-order valence-electron chi connectivity index (χ4n) is 1.65. The first-order valence-corrected chi connectivity index (χ1v) is 5.40. The number of halogens is 3. The number of nitrogens with zero attached hydrogens (tertiary/aromatic N) is 1. The van der Waals surface area contributed by atoms with Gasteiger partial charge in [-0.1, -0.05) is 23.7 Å². The summed E-state index contributed by atoms with van der Waals surface area (Å²) >= 11 is 5.72. The topological polar surface area (TPSA) is 15.3 Å². The second kappa shape index (κ2) is 5.82. The monoisotopic (exact) mass is 264 g/mol. The molecule has 2 rings (SSSR count). The zero-order valence-corrected chi connectivity index (χ0v) is 10.6. The largest absolute Gasteiger partial charge is 0.314 e. The molecule has 1 aliphatic rings. The quantitative estimate of drug-likeness (QED) is 0.902. The average Bonchev–Trinajstić information content (AvgIpc) is 2.10. The molecular weight excluding hydrogens is 250 g/mol. The Morgan fingerprint density at radius 1 is 1.50 bits per heavy atom. The number of rotatable bonds is 3. The summed E-state index contributed by atoms with van der Waals surface area (Å²) in [5.41, 5.74) is 0.664. The van der Waals surface area contributed by atoms with E-state index in [0.29, 0.717) is 18.2 Å². The van der Waals surface area contributed by atoms with E-state index in [1.54, 1.807) is 18.2 Å². The second-order valence-electron chi connectivity index (χ2n) is 3.94. The van der Waals surface area contributed by atoms with E-state index in [-0.39, 0.29) is 23.2 Å². The molecule has 0 radical (unpaired) electrons. The molecule has 0 amide bonds. The highest BCUT2D eigenvalue weighted by molar-refractivity contribution is 6.30. The van der Waals surface area contributed by atoms with Gasteiger partial charge in [-0.15, -0.1) is 12.4 Å². The van der Waals surface area contributed by atoms with Crippen LogP contribution in [-0.2, 0) is 6.54 Å². The Kier molecular flexibility index (Phi) is 4.99.